The topological polar surface area (TPSA) is 74.2 Å². The van der Waals surface area contributed by atoms with E-state index >= 15 is 0 Å². The third-order valence-corrected chi connectivity index (χ3v) is 3.37. The van der Waals surface area contributed by atoms with Gasteiger partial charge in [0.05, 0.1) is 7.11 Å². The first kappa shape index (κ1) is 13.4. The number of esters is 1. The van der Waals surface area contributed by atoms with Crippen molar-refractivity contribution in [2.24, 2.45) is 10.9 Å². The molecule has 3 rings (SSSR count). The number of methoxy groups -OCH3 is 1. The number of ketones is 1. The molecule has 1 aromatic carbocycles. The molecule has 0 N–H and O–H groups in total. The minimum absolute atomic E-state index is 0.190. The monoisotopic (exact) mass is 287 g/mol. The summed E-state index contributed by atoms with van der Waals surface area (Å²) >= 11 is 0. The summed E-state index contributed by atoms with van der Waals surface area (Å²) in [4.78, 5) is 28.0. The molecule has 1 aromatic rings. The zero-order valence-corrected chi connectivity index (χ0v) is 11.6. The molecule has 0 fully saturated rings. The molecule has 2 aliphatic heterocycles. The van der Waals surface area contributed by atoms with E-state index in [0.717, 1.165) is 5.56 Å². The van der Waals surface area contributed by atoms with Gasteiger partial charge in [-0.05, 0) is 30.7 Å². The molecule has 2 aliphatic rings. The van der Waals surface area contributed by atoms with Gasteiger partial charge >= 0.3 is 5.97 Å². The van der Waals surface area contributed by atoms with Gasteiger partial charge in [0.1, 0.15) is 5.70 Å². The number of carbonyl (C=O) groups is 2. The van der Waals surface area contributed by atoms with Crippen LogP contribution in [-0.4, -0.2) is 31.4 Å². The minimum atomic E-state index is -0.935. The number of allylic oxidation sites excluding steroid dienone is 1. The molecule has 0 saturated heterocycles. The van der Waals surface area contributed by atoms with Crippen LogP contribution >= 0.6 is 0 Å². The molecule has 2 heterocycles. The second kappa shape index (κ2) is 5.05. The smallest absolute Gasteiger partial charge is 0.322 e. The highest BCUT2D eigenvalue weighted by Gasteiger charge is 2.37. The Bertz CT molecular complexity index is 689. The number of ether oxygens (including phenoxy) is 3. The zero-order valence-electron chi connectivity index (χ0n) is 11.6. The quantitative estimate of drug-likeness (QED) is 0.469. The van der Waals surface area contributed by atoms with Crippen molar-refractivity contribution in [2.45, 2.75) is 6.92 Å². The molecule has 1 atom stereocenters. The number of aliphatic imine (C=N–C) groups is 1. The second-order valence-electron chi connectivity index (χ2n) is 4.72. The summed E-state index contributed by atoms with van der Waals surface area (Å²) in [5, 5.41) is 0. The van der Waals surface area contributed by atoms with Gasteiger partial charge in [-0.15, -0.1) is 0 Å². The number of carbonyl (C=O) groups excluding carboxylic acids is 2. The highest BCUT2D eigenvalue weighted by Crippen LogP contribution is 2.33. The van der Waals surface area contributed by atoms with Crippen molar-refractivity contribution in [1.29, 1.82) is 0 Å². The Kier molecular flexibility index (Phi) is 3.21. The molecule has 21 heavy (non-hydrogen) atoms. The van der Waals surface area contributed by atoms with E-state index in [-0.39, 0.29) is 18.3 Å². The van der Waals surface area contributed by atoms with Crippen LogP contribution in [0.4, 0.5) is 0 Å². The minimum Gasteiger partial charge on any atom is -0.468 e. The summed E-state index contributed by atoms with van der Waals surface area (Å²) < 4.78 is 15.1. The molecule has 0 aromatic heterocycles. The van der Waals surface area contributed by atoms with Crippen LogP contribution in [-0.2, 0) is 14.3 Å². The molecule has 0 amide bonds. The molecule has 0 saturated carbocycles. The molecule has 0 bridgehead atoms. The highest BCUT2D eigenvalue weighted by atomic mass is 16.7. The number of benzene rings is 1. The number of fused-ring (bicyclic) bond motifs is 1. The van der Waals surface area contributed by atoms with E-state index in [2.05, 4.69) is 9.73 Å². The maximum absolute atomic E-state index is 12.2. The fourth-order valence-electron chi connectivity index (χ4n) is 2.31. The Morgan fingerprint density at radius 3 is 2.90 bits per heavy atom. The summed E-state index contributed by atoms with van der Waals surface area (Å²) in [6.45, 7) is 1.83. The van der Waals surface area contributed by atoms with Crippen molar-refractivity contribution in [2.75, 3.05) is 13.9 Å². The van der Waals surface area contributed by atoms with Crippen LogP contribution in [0.15, 0.2) is 28.9 Å². The first-order valence-corrected chi connectivity index (χ1v) is 6.38. The lowest BCUT2D eigenvalue weighted by atomic mass is 10.0. The van der Waals surface area contributed by atoms with E-state index in [1.54, 1.807) is 31.2 Å². The van der Waals surface area contributed by atoms with Crippen molar-refractivity contribution < 1.29 is 23.8 Å². The van der Waals surface area contributed by atoms with Gasteiger partial charge in [0.15, 0.2) is 17.4 Å². The second-order valence-corrected chi connectivity index (χ2v) is 4.72. The number of Topliss-reactive ketones (excluding diaryl/α,β-unsaturated/α-hetero) is 1. The Morgan fingerprint density at radius 1 is 1.38 bits per heavy atom. The van der Waals surface area contributed by atoms with Gasteiger partial charge in [0, 0.05) is 5.71 Å². The molecule has 0 spiro atoms. The molecule has 6 heteroatoms. The third kappa shape index (κ3) is 2.29. The van der Waals surface area contributed by atoms with E-state index in [1.807, 2.05) is 0 Å². The van der Waals surface area contributed by atoms with Gasteiger partial charge in [-0.25, -0.2) is 0 Å². The van der Waals surface area contributed by atoms with E-state index in [9.17, 15) is 9.59 Å². The van der Waals surface area contributed by atoms with Crippen LogP contribution in [0.3, 0.4) is 0 Å². The Labute approximate surface area is 121 Å². The van der Waals surface area contributed by atoms with Gasteiger partial charge in [-0.1, -0.05) is 6.07 Å². The molecule has 6 nitrogen and oxygen atoms in total. The van der Waals surface area contributed by atoms with Crippen LogP contribution in [0.1, 0.15) is 12.5 Å². The van der Waals surface area contributed by atoms with Crippen molar-refractivity contribution in [1.82, 2.24) is 0 Å². The predicted octanol–water partition coefficient (Wildman–Crippen LogP) is 1.59. The van der Waals surface area contributed by atoms with E-state index in [0.29, 0.717) is 17.2 Å². The maximum Gasteiger partial charge on any atom is 0.322 e. The Balaban J connectivity index is 1.91. The Morgan fingerprint density at radius 2 is 2.14 bits per heavy atom. The summed E-state index contributed by atoms with van der Waals surface area (Å²) in [6.07, 6.45) is 1.62. The number of rotatable bonds is 2. The highest BCUT2D eigenvalue weighted by molar-refractivity contribution is 6.28. The predicted molar refractivity (Wildman–Crippen MR) is 74.2 cm³/mol. The molecule has 0 radical (unpaired) electrons. The summed E-state index contributed by atoms with van der Waals surface area (Å²) in [6, 6.07) is 5.32. The summed E-state index contributed by atoms with van der Waals surface area (Å²) in [7, 11) is 1.25. The van der Waals surface area contributed by atoms with Gasteiger partial charge in [0.2, 0.25) is 12.6 Å². The van der Waals surface area contributed by atoms with Gasteiger partial charge in [-0.3, -0.25) is 14.6 Å². The Hall–Kier alpha value is -2.63. The normalized spacial score (nSPS) is 21.6. The van der Waals surface area contributed by atoms with Crippen LogP contribution in [0.25, 0.3) is 6.08 Å². The maximum atomic E-state index is 12.2. The fourth-order valence-corrected chi connectivity index (χ4v) is 2.31. The van der Waals surface area contributed by atoms with Gasteiger partial charge < -0.3 is 14.2 Å². The largest absolute Gasteiger partial charge is 0.468 e. The molecular formula is C15H13NO5. The average Bonchev–Trinajstić information content (AvgIpc) is 3.03. The molecule has 1 unspecified atom stereocenters. The number of hydrogen-bond acceptors (Lipinski definition) is 6. The van der Waals surface area contributed by atoms with Crippen LogP contribution in [0, 0.1) is 5.92 Å². The van der Waals surface area contributed by atoms with Crippen LogP contribution in [0.5, 0.6) is 11.5 Å². The van der Waals surface area contributed by atoms with Crippen LogP contribution in [0.2, 0.25) is 0 Å². The molecule has 0 aliphatic carbocycles. The van der Waals surface area contributed by atoms with Crippen molar-refractivity contribution in [3.05, 3.63) is 29.5 Å². The molecule has 108 valence electrons. The van der Waals surface area contributed by atoms with Crippen molar-refractivity contribution in [3.8, 4) is 11.5 Å². The fraction of sp³-hybridized carbons (Fsp3) is 0.267. The van der Waals surface area contributed by atoms with E-state index in [1.165, 1.54) is 7.11 Å². The zero-order chi connectivity index (χ0) is 15.0. The summed E-state index contributed by atoms with van der Waals surface area (Å²) in [5.74, 6) is -0.579. The summed E-state index contributed by atoms with van der Waals surface area (Å²) in [5.41, 5.74) is 1.44. The number of nitrogens with zero attached hydrogens (tertiary/aromatic N) is 1. The van der Waals surface area contributed by atoms with E-state index < -0.39 is 11.9 Å². The van der Waals surface area contributed by atoms with Gasteiger partial charge in [0.25, 0.3) is 0 Å². The average molecular weight is 287 g/mol. The van der Waals surface area contributed by atoms with Crippen molar-refractivity contribution >= 4 is 23.5 Å². The van der Waals surface area contributed by atoms with Gasteiger partial charge in [-0.2, -0.15) is 0 Å². The van der Waals surface area contributed by atoms with E-state index in [4.69, 9.17) is 9.47 Å². The lowest BCUT2D eigenvalue weighted by molar-refractivity contribution is -0.145. The van der Waals surface area contributed by atoms with Crippen LogP contribution < -0.4 is 9.47 Å². The lowest BCUT2D eigenvalue weighted by Gasteiger charge is -2.05. The third-order valence-electron chi connectivity index (χ3n) is 3.37. The first-order chi connectivity index (χ1) is 10.1. The SMILES string of the molecule is COC(=O)C1C(=O)/C(=C\c2ccc3c(c2)OCO3)N=C1C. The standard InChI is InChI=1S/C15H13NO5/c1-8-13(15(18)19-2)14(17)10(16-8)5-9-3-4-11-12(6-9)21-7-20-11/h3-6,13H,7H2,1-2H3/b10-5+. The molecular weight excluding hydrogens is 274 g/mol. The first-order valence-electron chi connectivity index (χ1n) is 6.38. The number of hydrogen-bond donors (Lipinski definition) is 0. The lowest BCUT2D eigenvalue weighted by Crippen LogP contribution is -2.27. The van der Waals surface area contributed by atoms with Crippen molar-refractivity contribution in [3.63, 3.8) is 0 Å².